The largest absolute Gasteiger partial charge is 0.384 e. The lowest BCUT2D eigenvalue weighted by atomic mass is 10.1. The van der Waals surface area contributed by atoms with E-state index in [-0.39, 0.29) is 0 Å². The summed E-state index contributed by atoms with van der Waals surface area (Å²) in [6.45, 7) is 5.20. The molecule has 0 saturated carbocycles. The predicted molar refractivity (Wildman–Crippen MR) is 66.4 cm³/mol. The summed E-state index contributed by atoms with van der Waals surface area (Å²) in [6, 6.07) is 0. The monoisotopic (exact) mass is 225 g/mol. The van der Waals surface area contributed by atoms with Gasteiger partial charge in [-0.05, 0) is 19.1 Å². The lowest BCUT2D eigenvalue weighted by Gasteiger charge is -2.07. The highest BCUT2D eigenvalue weighted by molar-refractivity contribution is 7.99. The van der Waals surface area contributed by atoms with Crippen LogP contribution in [0.15, 0.2) is 0 Å². The van der Waals surface area contributed by atoms with Crippen molar-refractivity contribution < 1.29 is 0 Å². The smallest absolute Gasteiger partial charge is 0.127 e. The molecule has 15 heavy (non-hydrogen) atoms. The van der Waals surface area contributed by atoms with Gasteiger partial charge in [-0.15, -0.1) is 0 Å². The van der Waals surface area contributed by atoms with E-state index in [1.165, 1.54) is 17.9 Å². The Bertz CT molecular complexity index is 340. The van der Waals surface area contributed by atoms with Crippen LogP contribution in [0.4, 0.5) is 5.82 Å². The molecule has 2 N–H and O–H groups in total. The average Bonchev–Trinajstić information content (AvgIpc) is 2.84. The number of imidazole rings is 1. The minimum atomic E-state index is 0.591. The molecule has 1 unspecified atom stereocenters. The van der Waals surface area contributed by atoms with Crippen molar-refractivity contribution in [1.82, 2.24) is 9.55 Å². The Morgan fingerprint density at radius 3 is 2.80 bits per heavy atom. The van der Waals surface area contributed by atoms with Crippen LogP contribution >= 0.6 is 11.8 Å². The number of aromatic nitrogens is 2. The highest BCUT2D eigenvalue weighted by atomic mass is 32.2. The third-order valence-electron chi connectivity index (χ3n) is 3.06. The fraction of sp³-hybridized carbons (Fsp3) is 0.727. The molecule has 1 aliphatic rings. The van der Waals surface area contributed by atoms with Gasteiger partial charge in [-0.3, -0.25) is 0 Å². The zero-order valence-electron chi connectivity index (χ0n) is 9.49. The molecule has 0 amide bonds. The van der Waals surface area contributed by atoms with Gasteiger partial charge < -0.3 is 10.3 Å². The third kappa shape index (κ3) is 1.87. The fourth-order valence-electron chi connectivity index (χ4n) is 2.21. The van der Waals surface area contributed by atoms with Crippen molar-refractivity contribution in [3.05, 3.63) is 11.5 Å². The molecule has 4 heteroatoms. The predicted octanol–water partition coefficient (Wildman–Crippen LogP) is 2.27. The Morgan fingerprint density at radius 1 is 1.53 bits per heavy atom. The number of anilines is 1. The van der Waals surface area contributed by atoms with Crippen LogP contribution in [0.3, 0.4) is 0 Å². The van der Waals surface area contributed by atoms with Crippen LogP contribution in [0.2, 0.25) is 0 Å². The summed E-state index contributed by atoms with van der Waals surface area (Å²) in [4.78, 5) is 4.71. The van der Waals surface area contributed by atoms with Gasteiger partial charge in [-0.25, -0.2) is 4.98 Å². The van der Waals surface area contributed by atoms with Gasteiger partial charge >= 0.3 is 0 Å². The number of hydrogen-bond acceptors (Lipinski definition) is 3. The summed E-state index contributed by atoms with van der Waals surface area (Å²) in [5, 5.41) is 0. The van der Waals surface area contributed by atoms with E-state index in [0.717, 1.165) is 30.3 Å². The zero-order chi connectivity index (χ0) is 10.8. The van der Waals surface area contributed by atoms with Gasteiger partial charge in [0, 0.05) is 24.6 Å². The first-order chi connectivity index (χ1) is 7.27. The van der Waals surface area contributed by atoms with Crippen molar-refractivity contribution in [2.45, 2.75) is 39.2 Å². The van der Waals surface area contributed by atoms with Crippen molar-refractivity contribution in [2.75, 3.05) is 17.2 Å². The molecule has 1 aromatic heterocycles. The molecule has 1 saturated heterocycles. The van der Waals surface area contributed by atoms with Gasteiger partial charge in [0.1, 0.15) is 11.6 Å². The second-order valence-corrected chi connectivity index (χ2v) is 5.11. The first-order valence-corrected chi connectivity index (χ1v) is 6.85. The molecule has 2 rings (SSSR count). The van der Waals surface area contributed by atoms with Crippen LogP contribution in [0.25, 0.3) is 0 Å². The van der Waals surface area contributed by atoms with E-state index < -0.39 is 0 Å². The number of nitrogens with two attached hydrogens (primary N) is 1. The minimum Gasteiger partial charge on any atom is -0.384 e. The van der Waals surface area contributed by atoms with Gasteiger partial charge in [0.15, 0.2) is 0 Å². The number of hydrogen-bond donors (Lipinski definition) is 1. The van der Waals surface area contributed by atoms with Crippen LogP contribution in [0.5, 0.6) is 0 Å². The first kappa shape index (κ1) is 10.9. The van der Waals surface area contributed by atoms with E-state index in [2.05, 4.69) is 18.4 Å². The molecule has 0 radical (unpaired) electrons. The summed E-state index contributed by atoms with van der Waals surface area (Å²) >= 11 is 2.01. The molecule has 1 atom stereocenters. The van der Waals surface area contributed by atoms with E-state index in [0.29, 0.717) is 5.92 Å². The van der Waals surface area contributed by atoms with E-state index in [1.54, 1.807) is 0 Å². The van der Waals surface area contributed by atoms with Gasteiger partial charge in [0.2, 0.25) is 0 Å². The Labute approximate surface area is 95.4 Å². The fourth-order valence-corrected chi connectivity index (χ4v) is 3.43. The molecule has 1 aromatic rings. The molecule has 1 aliphatic heterocycles. The molecule has 1 fully saturated rings. The molecule has 84 valence electrons. The van der Waals surface area contributed by atoms with Gasteiger partial charge in [-0.2, -0.15) is 11.8 Å². The minimum absolute atomic E-state index is 0.591. The van der Waals surface area contributed by atoms with E-state index in [9.17, 15) is 0 Å². The normalized spacial score (nSPS) is 21.1. The second kappa shape index (κ2) is 4.47. The molecule has 0 bridgehead atoms. The summed E-state index contributed by atoms with van der Waals surface area (Å²) in [7, 11) is 0. The third-order valence-corrected chi connectivity index (χ3v) is 4.23. The van der Waals surface area contributed by atoms with Crippen LogP contribution in [-0.2, 0) is 13.0 Å². The van der Waals surface area contributed by atoms with E-state index in [4.69, 9.17) is 10.7 Å². The van der Waals surface area contributed by atoms with Crippen LogP contribution in [0.1, 0.15) is 37.7 Å². The van der Waals surface area contributed by atoms with Crippen LogP contribution < -0.4 is 5.73 Å². The summed E-state index contributed by atoms with van der Waals surface area (Å²) in [5.41, 5.74) is 7.31. The van der Waals surface area contributed by atoms with E-state index >= 15 is 0 Å². The number of nitrogens with zero attached hydrogens (tertiary/aromatic N) is 2. The molecule has 0 aliphatic carbocycles. The maximum atomic E-state index is 6.16. The summed E-state index contributed by atoms with van der Waals surface area (Å²) in [5.74, 6) is 5.08. The molecule has 0 spiro atoms. The average molecular weight is 225 g/mol. The molecule has 2 heterocycles. The maximum absolute atomic E-state index is 6.16. The molecule has 3 nitrogen and oxygen atoms in total. The lowest BCUT2D eigenvalue weighted by Crippen LogP contribution is -2.06. The van der Waals surface area contributed by atoms with Crippen molar-refractivity contribution in [3.63, 3.8) is 0 Å². The number of rotatable bonds is 3. The SMILES string of the molecule is CCc1nc(C2CCSC2)c(N)n1CC. The van der Waals surface area contributed by atoms with Gasteiger partial charge in [0.05, 0.1) is 5.69 Å². The van der Waals surface area contributed by atoms with Crippen molar-refractivity contribution >= 4 is 17.6 Å². The van der Waals surface area contributed by atoms with Crippen molar-refractivity contribution in [3.8, 4) is 0 Å². The summed E-state index contributed by atoms with van der Waals surface area (Å²) < 4.78 is 2.15. The number of thioether (sulfide) groups is 1. The molecule has 0 aromatic carbocycles. The highest BCUT2D eigenvalue weighted by Gasteiger charge is 2.24. The number of nitrogen functional groups attached to an aromatic ring is 1. The quantitative estimate of drug-likeness (QED) is 0.858. The van der Waals surface area contributed by atoms with Crippen molar-refractivity contribution in [1.29, 1.82) is 0 Å². The van der Waals surface area contributed by atoms with E-state index in [1.807, 2.05) is 11.8 Å². The van der Waals surface area contributed by atoms with Crippen molar-refractivity contribution in [2.24, 2.45) is 0 Å². The maximum Gasteiger partial charge on any atom is 0.127 e. The molecular formula is C11H19N3S. The Morgan fingerprint density at radius 2 is 2.33 bits per heavy atom. The Kier molecular flexibility index (Phi) is 3.24. The summed E-state index contributed by atoms with van der Waals surface area (Å²) in [6.07, 6.45) is 2.21. The lowest BCUT2D eigenvalue weighted by molar-refractivity contribution is 0.713. The molecular weight excluding hydrogens is 206 g/mol. The Balaban J connectivity index is 2.34. The Hall–Kier alpha value is -0.640. The van der Waals surface area contributed by atoms with Crippen LogP contribution in [-0.4, -0.2) is 21.1 Å². The van der Waals surface area contributed by atoms with Gasteiger partial charge in [-0.1, -0.05) is 6.92 Å². The van der Waals surface area contributed by atoms with Crippen LogP contribution in [0, 0.1) is 0 Å². The topological polar surface area (TPSA) is 43.8 Å². The number of aryl methyl sites for hydroxylation is 1. The first-order valence-electron chi connectivity index (χ1n) is 5.70. The second-order valence-electron chi connectivity index (χ2n) is 3.96. The zero-order valence-corrected chi connectivity index (χ0v) is 10.3. The highest BCUT2D eigenvalue weighted by Crippen LogP contribution is 2.35. The standard InChI is InChI=1S/C11H19N3S/c1-3-9-13-10(8-5-6-15-7-8)11(12)14(9)4-2/h8H,3-7,12H2,1-2H3. The van der Waals surface area contributed by atoms with Gasteiger partial charge in [0.25, 0.3) is 0 Å².